The van der Waals surface area contributed by atoms with Gasteiger partial charge in [0.15, 0.2) is 0 Å². The largest absolute Gasteiger partial charge is 0.314 e. The summed E-state index contributed by atoms with van der Waals surface area (Å²) in [6.07, 6.45) is 4.38. The van der Waals surface area contributed by atoms with Crippen molar-refractivity contribution in [2.75, 3.05) is 44.2 Å². The minimum absolute atomic E-state index is 1.02. The summed E-state index contributed by atoms with van der Waals surface area (Å²) in [7, 11) is 0. The highest BCUT2D eigenvalue weighted by atomic mass is 32.2. The molecule has 0 aromatic heterocycles. The topological polar surface area (TPSA) is 15.3 Å². The summed E-state index contributed by atoms with van der Waals surface area (Å²) in [5, 5.41) is 3.41. The van der Waals surface area contributed by atoms with E-state index in [1.165, 1.54) is 63.5 Å². The van der Waals surface area contributed by atoms with Crippen LogP contribution in [0.25, 0.3) is 0 Å². The number of thioether (sulfide) groups is 1. The van der Waals surface area contributed by atoms with E-state index < -0.39 is 0 Å². The Hall–Kier alpha value is 0.270. The van der Waals surface area contributed by atoms with Crippen molar-refractivity contribution >= 4 is 11.8 Å². The molecule has 0 bridgehead atoms. The maximum atomic E-state index is 3.41. The number of piperazine rings is 1. The van der Waals surface area contributed by atoms with Crippen molar-refractivity contribution < 1.29 is 0 Å². The Morgan fingerprint density at radius 3 is 2.86 bits per heavy atom. The van der Waals surface area contributed by atoms with E-state index >= 15 is 0 Å². The normalized spacial score (nSPS) is 30.4. The molecule has 0 aliphatic carbocycles. The van der Waals surface area contributed by atoms with Gasteiger partial charge in [-0.3, -0.25) is 0 Å². The number of nitrogens with zero attached hydrogens (tertiary/aromatic N) is 1. The van der Waals surface area contributed by atoms with Gasteiger partial charge in [0.1, 0.15) is 0 Å². The first-order valence-electron chi connectivity index (χ1n) is 5.96. The molecule has 0 saturated carbocycles. The monoisotopic (exact) mass is 214 g/mol. The molecule has 3 heteroatoms. The fourth-order valence-electron chi connectivity index (χ4n) is 2.33. The molecule has 0 aromatic carbocycles. The van der Waals surface area contributed by atoms with Gasteiger partial charge in [-0.25, -0.2) is 0 Å². The van der Waals surface area contributed by atoms with Crippen LogP contribution in [-0.4, -0.2) is 49.1 Å². The predicted molar refractivity (Wildman–Crippen MR) is 64.0 cm³/mol. The van der Waals surface area contributed by atoms with Crippen molar-refractivity contribution in [2.24, 2.45) is 5.92 Å². The van der Waals surface area contributed by atoms with Crippen LogP contribution >= 0.6 is 11.8 Å². The van der Waals surface area contributed by atoms with Crippen molar-refractivity contribution in [1.82, 2.24) is 10.2 Å². The smallest absolute Gasteiger partial charge is 0.0107 e. The van der Waals surface area contributed by atoms with Crippen LogP contribution in [-0.2, 0) is 0 Å². The van der Waals surface area contributed by atoms with E-state index in [2.05, 4.69) is 22.0 Å². The molecule has 1 N–H and O–H groups in total. The lowest BCUT2D eigenvalue weighted by molar-refractivity contribution is 0.224. The molecule has 0 spiro atoms. The van der Waals surface area contributed by atoms with Crippen molar-refractivity contribution in [1.29, 1.82) is 0 Å². The van der Waals surface area contributed by atoms with Gasteiger partial charge in [0.05, 0.1) is 0 Å². The van der Waals surface area contributed by atoms with E-state index in [1.54, 1.807) is 0 Å². The highest BCUT2D eigenvalue weighted by Crippen LogP contribution is 2.25. The summed E-state index contributed by atoms with van der Waals surface area (Å²) in [6, 6.07) is 0. The highest BCUT2D eigenvalue weighted by molar-refractivity contribution is 7.99. The lowest BCUT2D eigenvalue weighted by Crippen LogP contribution is -2.44. The second kappa shape index (κ2) is 5.99. The Bertz CT molecular complexity index is 133. The Morgan fingerprint density at radius 2 is 2.14 bits per heavy atom. The van der Waals surface area contributed by atoms with Gasteiger partial charge in [0.25, 0.3) is 0 Å². The van der Waals surface area contributed by atoms with Crippen LogP contribution in [0.2, 0.25) is 0 Å². The van der Waals surface area contributed by atoms with Crippen LogP contribution < -0.4 is 5.32 Å². The zero-order valence-electron chi connectivity index (χ0n) is 9.00. The maximum Gasteiger partial charge on any atom is 0.0107 e. The summed E-state index contributed by atoms with van der Waals surface area (Å²) in [4.78, 5) is 2.62. The van der Waals surface area contributed by atoms with E-state index in [9.17, 15) is 0 Å². The molecule has 0 aromatic rings. The van der Waals surface area contributed by atoms with Gasteiger partial charge >= 0.3 is 0 Å². The molecule has 2 saturated heterocycles. The zero-order chi connectivity index (χ0) is 9.64. The lowest BCUT2D eigenvalue weighted by Gasteiger charge is -2.29. The van der Waals surface area contributed by atoms with E-state index in [0.717, 1.165) is 5.92 Å². The molecular weight excluding hydrogens is 192 g/mol. The van der Waals surface area contributed by atoms with E-state index in [1.807, 2.05) is 0 Å². The van der Waals surface area contributed by atoms with Gasteiger partial charge in [0.2, 0.25) is 0 Å². The molecule has 1 unspecified atom stereocenters. The number of rotatable bonds is 3. The van der Waals surface area contributed by atoms with Crippen LogP contribution in [0.4, 0.5) is 0 Å². The molecule has 82 valence electrons. The average molecular weight is 214 g/mol. The number of hydrogen-bond acceptors (Lipinski definition) is 3. The van der Waals surface area contributed by atoms with Crippen LogP contribution in [0, 0.1) is 5.92 Å². The summed E-state index contributed by atoms with van der Waals surface area (Å²) < 4.78 is 0. The first-order valence-corrected chi connectivity index (χ1v) is 7.11. The van der Waals surface area contributed by atoms with Crippen molar-refractivity contribution in [2.45, 2.75) is 19.3 Å². The molecule has 1 atom stereocenters. The van der Waals surface area contributed by atoms with Crippen LogP contribution in [0.1, 0.15) is 19.3 Å². The maximum absolute atomic E-state index is 3.41. The molecule has 0 amide bonds. The van der Waals surface area contributed by atoms with Gasteiger partial charge in [-0.05, 0) is 43.2 Å². The highest BCUT2D eigenvalue weighted by Gasteiger charge is 2.16. The molecule has 0 radical (unpaired) electrons. The SMILES string of the molecule is C1CSCC(CCN2CCNCC2)C1. The summed E-state index contributed by atoms with van der Waals surface area (Å²) in [6.45, 7) is 6.26. The van der Waals surface area contributed by atoms with Crippen LogP contribution in [0.3, 0.4) is 0 Å². The summed E-state index contributed by atoms with van der Waals surface area (Å²) >= 11 is 2.16. The third-order valence-electron chi connectivity index (χ3n) is 3.32. The second-order valence-electron chi connectivity index (χ2n) is 4.46. The molecule has 2 nitrogen and oxygen atoms in total. The molecule has 2 rings (SSSR count). The minimum Gasteiger partial charge on any atom is -0.314 e. The fraction of sp³-hybridized carbons (Fsp3) is 1.00. The molecule has 14 heavy (non-hydrogen) atoms. The first kappa shape index (κ1) is 10.8. The molecular formula is C11H22N2S. The minimum atomic E-state index is 1.02. The number of hydrogen-bond donors (Lipinski definition) is 1. The Balaban J connectivity index is 1.60. The molecule has 2 fully saturated rings. The Labute approximate surface area is 91.8 Å². The number of nitrogens with one attached hydrogen (secondary N) is 1. The second-order valence-corrected chi connectivity index (χ2v) is 5.61. The quantitative estimate of drug-likeness (QED) is 0.765. The molecule has 2 aliphatic heterocycles. The standard InChI is InChI=1S/C11H22N2S/c1-2-11(10-14-9-1)3-6-13-7-4-12-5-8-13/h11-12H,1-10H2. The van der Waals surface area contributed by atoms with Gasteiger partial charge in [-0.15, -0.1) is 0 Å². The van der Waals surface area contributed by atoms with E-state index in [-0.39, 0.29) is 0 Å². The van der Waals surface area contributed by atoms with Crippen molar-refractivity contribution in [3.8, 4) is 0 Å². The third kappa shape index (κ3) is 3.44. The Morgan fingerprint density at radius 1 is 1.29 bits per heavy atom. The average Bonchev–Trinajstić information content (AvgIpc) is 2.29. The van der Waals surface area contributed by atoms with Gasteiger partial charge in [-0.2, -0.15) is 11.8 Å². The van der Waals surface area contributed by atoms with Gasteiger partial charge in [-0.1, -0.05) is 0 Å². The lowest BCUT2D eigenvalue weighted by atomic mass is 10.0. The fourth-order valence-corrected chi connectivity index (χ4v) is 3.54. The third-order valence-corrected chi connectivity index (χ3v) is 4.60. The summed E-state index contributed by atoms with van der Waals surface area (Å²) in [5.41, 5.74) is 0. The zero-order valence-corrected chi connectivity index (χ0v) is 9.82. The van der Waals surface area contributed by atoms with Gasteiger partial charge < -0.3 is 10.2 Å². The Kier molecular flexibility index (Phi) is 4.61. The van der Waals surface area contributed by atoms with E-state index in [0.29, 0.717) is 0 Å². The van der Waals surface area contributed by atoms with Crippen molar-refractivity contribution in [3.63, 3.8) is 0 Å². The van der Waals surface area contributed by atoms with Crippen LogP contribution in [0.15, 0.2) is 0 Å². The van der Waals surface area contributed by atoms with Gasteiger partial charge in [0, 0.05) is 26.2 Å². The predicted octanol–water partition coefficient (Wildman–Crippen LogP) is 1.42. The molecule has 2 heterocycles. The molecule has 2 aliphatic rings. The first-order chi connectivity index (χ1) is 6.95. The van der Waals surface area contributed by atoms with E-state index in [4.69, 9.17) is 0 Å². The van der Waals surface area contributed by atoms with Crippen LogP contribution in [0.5, 0.6) is 0 Å². The van der Waals surface area contributed by atoms with Crippen molar-refractivity contribution in [3.05, 3.63) is 0 Å². The summed E-state index contributed by atoms with van der Waals surface area (Å²) in [5.74, 6) is 3.85.